The first kappa shape index (κ1) is 19.4. The van der Waals surface area contributed by atoms with Gasteiger partial charge in [0.2, 0.25) is 0 Å². The highest BCUT2D eigenvalue weighted by molar-refractivity contribution is 6.03. The average Bonchev–Trinajstić information content (AvgIpc) is 3.20. The fourth-order valence-electron chi connectivity index (χ4n) is 4.61. The van der Waals surface area contributed by atoms with Gasteiger partial charge in [0.05, 0.1) is 18.5 Å². The van der Waals surface area contributed by atoms with Crippen LogP contribution in [0.25, 0.3) is 16.8 Å². The molecule has 1 atom stereocenters. The predicted molar refractivity (Wildman–Crippen MR) is 122 cm³/mol. The minimum Gasteiger partial charge on any atom is -0.496 e. The fraction of sp³-hybridized carbons (Fsp3) is 0.280. The molecule has 31 heavy (non-hydrogen) atoms. The number of hydrogen-bond acceptors (Lipinski definition) is 5. The van der Waals surface area contributed by atoms with Crippen LogP contribution in [0.3, 0.4) is 0 Å². The topological polar surface area (TPSA) is 68.2 Å². The zero-order valence-electron chi connectivity index (χ0n) is 18.0. The van der Waals surface area contributed by atoms with Gasteiger partial charge >= 0.3 is 0 Å². The standard InChI is InChI=1S/C25H26N4O2/c1-15(2)23-22(16-9-5-4-6-10-16)25-27-26-24-19(29(25)28-23)13-17(14-20(24)30)18-11-7-8-12-21(18)31-3/h4-12,15,17,26-27H,13-14H2,1-3H3. The summed E-state index contributed by atoms with van der Waals surface area (Å²) >= 11 is 0. The Balaban J connectivity index is 1.63. The van der Waals surface area contributed by atoms with Gasteiger partial charge in [0.15, 0.2) is 11.6 Å². The van der Waals surface area contributed by atoms with Crippen molar-refractivity contribution in [2.75, 3.05) is 12.5 Å². The molecule has 1 aliphatic carbocycles. The molecule has 5 rings (SSSR count). The van der Waals surface area contributed by atoms with E-state index in [1.54, 1.807) is 7.11 Å². The van der Waals surface area contributed by atoms with Crippen molar-refractivity contribution in [3.63, 3.8) is 0 Å². The molecule has 6 heteroatoms. The maximum absolute atomic E-state index is 13.1. The molecule has 158 valence electrons. The van der Waals surface area contributed by atoms with Gasteiger partial charge in [-0.3, -0.25) is 15.6 Å². The van der Waals surface area contributed by atoms with Crippen molar-refractivity contribution >= 4 is 17.3 Å². The van der Waals surface area contributed by atoms with Crippen molar-refractivity contribution in [1.82, 2.24) is 15.2 Å². The molecule has 2 heterocycles. The first-order valence-corrected chi connectivity index (χ1v) is 10.7. The number of Topliss-reactive ketones (excluding diaryl/α,β-unsaturated/α-hetero) is 1. The number of nitrogens with one attached hydrogen (secondary N) is 2. The summed E-state index contributed by atoms with van der Waals surface area (Å²) in [6, 6.07) is 18.2. The second kappa shape index (κ2) is 7.61. The number of carbonyl (C=O) groups is 1. The first-order valence-electron chi connectivity index (χ1n) is 10.7. The second-order valence-corrected chi connectivity index (χ2v) is 8.38. The van der Waals surface area contributed by atoms with E-state index in [1.165, 1.54) is 0 Å². The van der Waals surface area contributed by atoms with E-state index in [2.05, 4.69) is 42.9 Å². The quantitative estimate of drug-likeness (QED) is 0.634. The fourth-order valence-corrected chi connectivity index (χ4v) is 4.61. The molecule has 0 spiro atoms. The van der Waals surface area contributed by atoms with Crippen LogP contribution in [0.15, 0.2) is 60.3 Å². The predicted octanol–water partition coefficient (Wildman–Crippen LogP) is 4.93. The van der Waals surface area contributed by atoms with Gasteiger partial charge in [-0.05, 0) is 29.5 Å². The number of carbonyl (C=O) groups excluding carboxylic acids is 1. The Morgan fingerprint density at radius 3 is 2.52 bits per heavy atom. The lowest BCUT2D eigenvalue weighted by molar-refractivity contribution is -0.116. The maximum atomic E-state index is 13.1. The smallest absolute Gasteiger partial charge is 0.182 e. The molecule has 0 bridgehead atoms. The van der Waals surface area contributed by atoms with Gasteiger partial charge in [0, 0.05) is 17.9 Å². The number of fused-ring (bicyclic) bond motifs is 2. The normalized spacial score (nSPS) is 17.7. The third kappa shape index (κ3) is 3.19. The highest BCUT2D eigenvalue weighted by atomic mass is 16.5. The first-order chi connectivity index (χ1) is 15.1. The van der Waals surface area contributed by atoms with E-state index >= 15 is 0 Å². The van der Waals surface area contributed by atoms with Gasteiger partial charge < -0.3 is 4.74 Å². The third-order valence-electron chi connectivity index (χ3n) is 6.10. The highest BCUT2D eigenvalue weighted by Crippen LogP contribution is 2.44. The molecular formula is C25H26N4O2. The summed E-state index contributed by atoms with van der Waals surface area (Å²) < 4.78 is 7.51. The van der Waals surface area contributed by atoms with Crippen LogP contribution in [-0.4, -0.2) is 22.7 Å². The average molecular weight is 415 g/mol. The van der Waals surface area contributed by atoms with Crippen molar-refractivity contribution < 1.29 is 9.53 Å². The SMILES string of the molecule is COc1ccccc1C1CC(=O)C2=C(C1)n1nc(C(C)C)c(-c3ccccc3)c1NN2. The van der Waals surface area contributed by atoms with E-state index < -0.39 is 0 Å². The molecule has 1 aliphatic heterocycles. The minimum absolute atomic E-state index is 0.0435. The summed E-state index contributed by atoms with van der Waals surface area (Å²) in [7, 11) is 1.67. The van der Waals surface area contributed by atoms with Crippen molar-refractivity contribution in [2.24, 2.45) is 0 Å². The van der Waals surface area contributed by atoms with Crippen LogP contribution in [0.5, 0.6) is 5.75 Å². The summed E-state index contributed by atoms with van der Waals surface area (Å²) in [5.41, 5.74) is 12.2. The Morgan fingerprint density at radius 1 is 1.03 bits per heavy atom. The summed E-state index contributed by atoms with van der Waals surface area (Å²) in [6.45, 7) is 4.29. The summed E-state index contributed by atoms with van der Waals surface area (Å²) in [5, 5.41) is 4.99. The minimum atomic E-state index is 0.0435. The second-order valence-electron chi connectivity index (χ2n) is 8.38. The van der Waals surface area contributed by atoms with Crippen LogP contribution in [0.2, 0.25) is 0 Å². The molecule has 0 saturated carbocycles. The molecule has 2 aromatic carbocycles. The number of methoxy groups -OCH3 is 1. The van der Waals surface area contributed by atoms with Gasteiger partial charge in [-0.15, -0.1) is 0 Å². The van der Waals surface area contributed by atoms with Crippen molar-refractivity contribution in [2.45, 2.75) is 38.5 Å². The molecular weight excluding hydrogens is 388 g/mol. The van der Waals surface area contributed by atoms with E-state index in [-0.39, 0.29) is 17.6 Å². The number of anilines is 1. The van der Waals surface area contributed by atoms with E-state index in [1.807, 2.05) is 41.1 Å². The number of aromatic nitrogens is 2. The number of hydrazine groups is 1. The van der Waals surface area contributed by atoms with Crippen molar-refractivity contribution in [3.05, 3.63) is 71.6 Å². The Kier molecular flexibility index (Phi) is 4.77. The molecule has 0 fully saturated rings. The highest BCUT2D eigenvalue weighted by Gasteiger charge is 2.36. The lowest BCUT2D eigenvalue weighted by Crippen LogP contribution is -2.37. The molecule has 0 radical (unpaired) electrons. The molecule has 0 saturated heterocycles. The number of ether oxygens (including phenoxy) is 1. The maximum Gasteiger partial charge on any atom is 0.182 e. The molecule has 1 aromatic heterocycles. The van der Waals surface area contributed by atoms with Gasteiger partial charge in [-0.1, -0.05) is 62.4 Å². The van der Waals surface area contributed by atoms with Gasteiger partial charge in [0.25, 0.3) is 0 Å². The van der Waals surface area contributed by atoms with Crippen molar-refractivity contribution in [1.29, 1.82) is 0 Å². The Hall–Kier alpha value is -3.54. The number of rotatable bonds is 4. The summed E-state index contributed by atoms with van der Waals surface area (Å²) in [6.07, 6.45) is 1.14. The largest absolute Gasteiger partial charge is 0.496 e. The Bertz CT molecular complexity index is 1180. The number of benzene rings is 2. The van der Waals surface area contributed by atoms with Crippen LogP contribution >= 0.6 is 0 Å². The number of para-hydroxylation sites is 1. The Labute approximate surface area is 181 Å². The van der Waals surface area contributed by atoms with Crippen molar-refractivity contribution in [3.8, 4) is 16.9 Å². The summed E-state index contributed by atoms with van der Waals surface area (Å²) in [4.78, 5) is 13.1. The van der Waals surface area contributed by atoms with Crippen LogP contribution < -0.4 is 15.6 Å². The number of ketones is 1. The van der Waals surface area contributed by atoms with E-state index in [9.17, 15) is 4.79 Å². The lowest BCUT2D eigenvalue weighted by Gasteiger charge is -2.32. The van der Waals surface area contributed by atoms with E-state index in [0.29, 0.717) is 18.5 Å². The lowest BCUT2D eigenvalue weighted by atomic mass is 9.83. The molecule has 0 amide bonds. The number of allylic oxidation sites excluding steroid dienone is 2. The third-order valence-corrected chi connectivity index (χ3v) is 6.10. The van der Waals surface area contributed by atoms with E-state index in [4.69, 9.17) is 9.84 Å². The molecule has 6 nitrogen and oxygen atoms in total. The zero-order valence-corrected chi connectivity index (χ0v) is 18.0. The zero-order chi connectivity index (χ0) is 21.5. The number of nitrogens with zero attached hydrogens (tertiary/aromatic N) is 2. The van der Waals surface area contributed by atoms with Gasteiger partial charge in [-0.2, -0.15) is 5.10 Å². The number of hydrogen-bond donors (Lipinski definition) is 2. The molecule has 3 aromatic rings. The van der Waals surface area contributed by atoms with Crippen LogP contribution in [0.4, 0.5) is 5.82 Å². The monoisotopic (exact) mass is 414 g/mol. The molecule has 2 N–H and O–H groups in total. The molecule has 1 unspecified atom stereocenters. The van der Waals surface area contributed by atoms with E-state index in [0.717, 1.165) is 39.6 Å². The molecule has 2 aliphatic rings. The van der Waals surface area contributed by atoms with Crippen LogP contribution in [0, 0.1) is 0 Å². The van der Waals surface area contributed by atoms with Crippen LogP contribution in [0.1, 0.15) is 49.8 Å². The summed E-state index contributed by atoms with van der Waals surface area (Å²) in [5.74, 6) is 2.06. The van der Waals surface area contributed by atoms with Crippen LogP contribution in [-0.2, 0) is 4.79 Å². The van der Waals surface area contributed by atoms with Gasteiger partial charge in [0.1, 0.15) is 11.4 Å². The Morgan fingerprint density at radius 2 is 1.77 bits per heavy atom. The van der Waals surface area contributed by atoms with Gasteiger partial charge in [-0.25, -0.2) is 4.68 Å².